The van der Waals surface area contributed by atoms with Crippen LogP contribution >= 0.6 is 0 Å². The zero-order valence-corrected chi connectivity index (χ0v) is 11.2. The highest BCUT2D eigenvalue weighted by molar-refractivity contribution is 5.98. The first-order chi connectivity index (χ1) is 10.3. The number of carboxylic acid groups (broad SMARTS) is 1. The van der Waals surface area contributed by atoms with Crippen molar-refractivity contribution in [3.05, 3.63) is 17.8 Å². The first-order valence-electron chi connectivity index (χ1n) is 6.23. The second-order valence-electron chi connectivity index (χ2n) is 4.45. The van der Waals surface area contributed by atoms with Crippen molar-refractivity contribution in [2.75, 3.05) is 36.5 Å². The molecule has 0 aliphatic carbocycles. The van der Waals surface area contributed by atoms with Crippen molar-refractivity contribution in [3.8, 4) is 0 Å². The van der Waals surface area contributed by atoms with Crippen molar-refractivity contribution in [3.63, 3.8) is 0 Å². The molecule has 0 radical (unpaired) electrons. The van der Waals surface area contributed by atoms with E-state index in [-0.39, 0.29) is 17.1 Å². The highest BCUT2D eigenvalue weighted by Gasteiger charge is 2.38. The van der Waals surface area contributed by atoms with E-state index in [0.29, 0.717) is 26.3 Å². The monoisotopic (exact) mass is 319 g/mol. The summed E-state index contributed by atoms with van der Waals surface area (Å²) in [4.78, 5) is 27.7. The molecule has 2 N–H and O–H groups in total. The van der Waals surface area contributed by atoms with Crippen LogP contribution in [0.25, 0.3) is 0 Å². The van der Waals surface area contributed by atoms with Gasteiger partial charge in [0.2, 0.25) is 0 Å². The molecule has 0 atom stereocenters. The van der Waals surface area contributed by atoms with E-state index in [1.807, 2.05) is 0 Å². The van der Waals surface area contributed by atoms with Crippen molar-refractivity contribution in [1.29, 1.82) is 0 Å². The lowest BCUT2D eigenvalue weighted by Crippen LogP contribution is -2.37. The number of anilines is 2. The molecule has 2 heterocycles. The Bertz CT molecular complexity index is 585. The number of aromatic carboxylic acids is 1. The highest BCUT2D eigenvalue weighted by Crippen LogP contribution is 2.24. The van der Waals surface area contributed by atoms with Gasteiger partial charge in [0.15, 0.2) is 0 Å². The number of pyridine rings is 1. The molecule has 1 aromatic rings. The maximum absolute atomic E-state index is 12.2. The number of carboxylic acids is 1. The Morgan fingerprint density at radius 3 is 2.50 bits per heavy atom. The van der Waals surface area contributed by atoms with Gasteiger partial charge >= 0.3 is 18.1 Å². The molecular weight excluding hydrogens is 307 g/mol. The molecule has 0 spiro atoms. The molecule has 1 saturated heterocycles. The molecule has 1 aliphatic heterocycles. The molecule has 0 bridgehead atoms. The summed E-state index contributed by atoms with van der Waals surface area (Å²) in [5, 5.41) is 10.8. The molecule has 1 aliphatic rings. The van der Waals surface area contributed by atoms with Gasteiger partial charge in [0.1, 0.15) is 11.4 Å². The first kappa shape index (κ1) is 16.0. The van der Waals surface area contributed by atoms with Crippen LogP contribution in [-0.4, -0.2) is 54.4 Å². The summed E-state index contributed by atoms with van der Waals surface area (Å²) in [6.45, 7) is 1.63. The minimum Gasteiger partial charge on any atom is -0.478 e. The third kappa shape index (κ3) is 3.64. The van der Waals surface area contributed by atoms with Crippen molar-refractivity contribution < 1.29 is 32.6 Å². The van der Waals surface area contributed by atoms with Gasteiger partial charge in [-0.15, -0.1) is 0 Å². The van der Waals surface area contributed by atoms with Crippen LogP contribution in [-0.2, 0) is 9.53 Å². The normalized spacial score (nSPS) is 15.5. The summed E-state index contributed by atoms with van der Waals surface area (Å²) in [6.07, 6.45) is -4.08. The van der Waals surface area contributed by atoms with E-state index in [1.165, 1.54) is 0 Å². The molecule has 2 rings (SSSR count). The van der Waals surface area contributed by atoms with Crippen LogP contribution in [0.5, 0.6) is 0 Å². The Labute approximate surface area is 122 Å². The molecule has 120 valence electrons. The Balaban J connectivity index is 2.27. The van der Waals surface area contributed by atoms with Gasteiger partial charge in [0.05, 0.1) is 25.1 Å². The number of halogens is 3. The van der Waals surface area contributed by atoms with E-state index < -0.39 is 18.1 Å². The molecule has 0 saturated carbocycles. The van der Waals surface area contributed by atoms with Crippen molar-refractivity contribution in [2.24, 2.45) is 0 Å². The predicted molar refractivity (Wildman–Crippen MR) is 68.9 cm³/mol. The number of alkyl halides is 3. The van der Waals surface area contributed by atoms with Crippen LogP contribution in [0.2, 0.25) is 0 Å². The number of nitrogens with one attached hydrogen (secondary N) is 1. The standard InChI is InChI=1S/C12H12F3N3O4/c13-12(14,15)11(21)17-7-5-8(10(19)20)9(16-6-7)18-1-3-22-4-2-18/h5-6H,1-4H2,(H,17,21)(H,19,20). The van der Waals surface area contributed by atoms with Crippen molar-refractivity contribution in [2.45, 2.75) is 6.18 Å². The molecule has 1 amide bonds. The molecular formula is C12H12F3N3O4. The third-order valence-corrected chi connectivity index (χ3v) is 2.92. The molecule has 1 fully saturated rings. The van der Waals surface area contributed by atoms with Crippen LogP contribution in [0.1, 0.15) is 10.4 Å². The fourth-order valence-electron chi connectivity index (χ4n) is 1.91. The number of aromatic nitrogens is 1. The lowest BCUT2D eigenvalue weighted by molar-refractivity contribution is -0.167. The number of morpholine rings is 1. The quantitative estimate of drug-likeness (QED) is 0.867. The van der Waals surface area contributed by atoms with Crippen LogP contribution in [0.15, 0.2) is 12.3 Å². The van der Waals surface area contributed by atoms with Gasteiger partial charge in [-0.2, -0.15) is 13.2 Å². The molecule has 0 unspecified atom stereocenters. The van der Waals surface area contributed by atoms with Crippen molar-refractivity contribution >= 4 is 23.4 Å². The summed E-state index contributed by atoms with van der Waals surface area (Å²) < 4.78 is 41.7. The molecule has 10 heteroatoms. The maximum Gasteiger partial charge on any atom is 0.471 e. The average molecular weight is 319 g/mol. The fourth-order valence-corrected chi connectivity index (χ4v) is 1.91. The molecule has 1 aromatic heterocycles. The summed E-state index contributed by atoms with van der Waals surface area (Å²) in [5.74, 6) is -3.41. The minimum absolute atomic E-state index is 0.126. The van der Waals surface area contributed by atoms with Gasteiger partial charge < -0.3 is 20.1 Å². The predicted octanol–water partition coefficient (Wildman–Crippen LogP) is 1.12. The summed E-state index contributed by atoms with van der Waals surface area (Å²) in [7, 11) is 0. The minimum atomic E-state index is -5.06. The van der Waals surface area contributed by atoms with Crippen LogP contribution < -0.4 is 10.2 Å². The molecule has 22 heavy (non-hydrogen) atoms. The van der Waals surface area contributed by atoms with E-state index in [1.54, 1.807) is 10.2 Å². The number of carbonyl (C=O) groups excluding carboxylic acids is 1. The second-order valence-corrected chi connectivity index (χ2v) is 4.45. The Morgan fingerprint density at radius 2 is 1.95 bits per heavy atom. The van der Waals surface area contributed by atoms with E-state index in [9.17, 15) is 27.9 Å². The molecule has 0 aromatic carbocycles. The first-order valence-corrected chi connectivity index (χ1v) is 6.23. The zero-order valence-electron chi connectivity index (χ0n) is 11.2. The van der Waals surface area contributed by atoms with Gasteiger partial charge in [0, 0.05) is 13.1 Å². The van der Waals surface area contributed by atoms with E-state index in [2.05, 4.69) is 4.98 Å². The van der Waals surface area contributed by atoms with Gasteiger partial charge in [-0.3, -0.25) is 4.79 Å². The topological polar surface area (TPSA) is 91.8 Å². The largest absolute Gasteiger partial charge is 0.478 e. The fraction of sp³-hybridized carbons (Fsp3) is 0.417. The number of carbonyl (C=O) groups is 2. The van der Waals surface area contributed by atoms with Crippen molar-refractivity contribution in [1.82, 2.24) is 4.98 Å². The van der Waals surface area contributed by atoms with E-state index in [0.717, 1.165) is 12.3 Å². The number of hydrogen-bond donors (Lipinski definition) is 2. The molecule has 7 nitrogen and oxygen atoms in total. The number of hydrogen-bond acceptors (Lipinski definition) is 5. The Morgan fingerprint density at radius 1 is 1.32 bits per heavy atom. The smallest absolute Gasteiger partial charge is 0.471 e. The SMILES string of the molecule is O=C(O)c1cc(NC(=O)C(F)(F)F)cnc1N1CCOCC1. The van der Waals surface area contributed by atoms with Crippen LogP contribution in [0.3, 0.4) is 0 Å². The third-order valence-electron chi connectivity index (χ3n) is 2.92. The van der Waals surface area contributed by atoms with Gasteiger partial charge in [-0.25, -0.2) is 9.78 Å². The van der Waals surface area contributed by atoms with E-state index in [4.69, 9.17) is 4.74 Å². The number of nitrogens with zero attached hydrogens (tertiary/aromatic N) is 2. The Hall–Kier alpha value is -2.36. The zero-order chi connectivity index (χ0) is 16.3. The summed E-state index contributed by atoms with van der Waals surface area (Å²) in [6, 6.07) is 0.948. The van der Waals surface area contributed by atoms with Gasteiger partial charge in [0.25, 0.3) is 0 Å². The number of rotatable bonds is 3. The average Bonchev–Trinajstić information content (AvgIpc) is 2.47. The van der Waals surface area contributed by atoms with E-state index >= 15 is 0 Å². The highest BCUT2D eigenvalue weighted by atomic mass is 19.4. The summed E-state index contributed by atoms with van der Waals surface area (Å²) >= 11 is 0. The number of amides is 1. The summed E-state index contributed by atoms with van der Waals surface area (Å²) in [5.41, 5.74) is -0.626. The maximum atomic E-state index is 12.2. The second kappa shape index (κ2) is 6.18. The lowest BCUT2D eigenvalue weighted by atomic mass is 10.2. The van der Waals surface area contributed by atoms with Gasteiger partial charge in [-0.1, -0.05) is 0 Å². The van der Waals surface area contributed by atoms with Crippen LogP contribution in [0.4, 0.5) is 24.7 Å². The van der Waals surface area contributed by atoms with Crippen LogP contribution in [0, 0.1) is 0 Å². The number of ether oxygens (including phenoxy) is 1. The Kier molecular flexibility index (Phi) is 4.50. The van der Waals surface area contributed by atoms with Gasteiger partial charge in [-0.05, 0) is 6.07 Å². The lowest BCUT2D eigenvalue weighted by Gasteiger charge is -2.28.